The molecule has 45 heavy (non-hydrogen) atoms. The van der Waals surface area contributed by atoms with Gasteiger partial charge >= 0.3 is 0 Å². The standard InChI is InChI=1S/C38H50O7/c1-21(2)11-13-27-20-37(19-26(23(5)6)18-29(40)24(7)8)33(43)31(32(42)25-12-14-28(39)30(41)17-25)34(44)38(35(37)45,36(27,9)10)16-15-22(3)4/h11-12,14-15,17,26-27,29,39-42H,5,7,13,16,18-20H2,1-4,6,8-10H3/t26-,27-,29-,37-,38+/m1/s1. The van der Waals surface area contributed by atoms with Crippen molar-refractivity contribution in [1.82, 2.24) is 0 Å². The smallest absolute Gasteiger partial charge is 0.184 e. The van der Waals surface area contributed by atoms with Gasteiger partial charge in [0.25, 0.3) is 0 Å². The van der Waals surface area contributed by atoms with Crippen LogP contribution in [0.15, 0.2) is 71.4 Å². The van der Waals surface area contributed by atoms with E-state index in [9.17, 15) is 30.0 Å². The van der Waals surface area contributed by atoms with Gasteiger partial charge in [-0.25, -0.2) is 0 Å². The number of phenols is 2. The zero-order chi connectivity index (χ0) is 34.2. The van der Waals surface area contributed by atoms with E-state index in [2.05, 4.69) is 19.2 Å². The quantitative estimate of drug-likeness (QED) is 0.0498. The van der Waals surface area contributed by atoms with Gasteiger partial charge in [0, 0.05) is 5.56 Å². The first-order chi connectivity index (χ1) is 20.7. The first-order valence-electron chi connectivity index (χ1n) is 15.6. The number of phenolic OH excluding ortho intramolecular Hbond substituents is 2. The van der Waals surface area contributed by atoms with Gasteiger partial charge in [0.15, 0.2) is 28.8 Å². The van der Waals surface area contributed by atoms with Crippen LogP contribution in [0.25, 0.3) is 5.76 Å². The number of benzene rings is 1. The lowest BCUT2D eigenvalue weighted by Gasteiger charge is -2.61. The van der Waals surface area contributed by atoms with Crippen LogP contribution in [0.4, 0.5) is 0 Å². The van der Waals surface area contributed by atoms with E-state index in [1.807, 2.05) is 47.6 Å². The third-order valence-electron chi connectivity index (χ3n) is 10.3. The Morgan fingerprint density at radius 1 is 0.933 bits per heavy atom. The second-order valence-corrected chi connectivity index (χ2v) is 14.4. The molecule has 0 amide bonds. The minimum absolute atomic E-state index is 0.00714. The maximum absolute atomic E-state index is 15.2. The van der Waals surface area contributed by atoms with E-state index < -0.39 is 68.4 Å². The summed E-state index contributed by atoms with van der Waals surface area (Å²) in [5.41, 5.74) is -1.62. The average Bonchev–Trinajstić information content (AvgIpc) is 2.93. The molecule has 2 aliphatic carbocycles. The maximum Gasteiger partial charge on any atom is 0.184 e. The summed E-state index contributed by atoms with van der Waals surface area (Å²) in [6.07, 6.45) is 3.98. The van der Waals surface area contributed by atoms with E-state index >= 15 is 4.79 Å². The fourth-order valence-corrected chi connectivity index (χ4v) is 7.18. The molecule has 1 aromatic carbocycles. The number of aromatic hydroxyl groups is 2. The molecule has 0 saturated heterocycles. The van der Waals surface area contributed by atoms with E-state index in [1.165, 1.54) is 6.07 Å². The molecule has 0 spiro atoms. The Labute approximate surface area is 267 Å². The predicted molar refractivity (Wildman–Crippen MR) is 178 cm³/mol. The largest absolute Gasteiger partial charge is 0.506 e. The number of aliphatic hydroxyl groups excluding tert-OH is 2. The molecule has 0 radical (unpaired) electrons. The molecule has 0 aromatic heterocycles. The van der Waals surface area contributed by atoms with Crippen molar-refractivity contribution in [2.45, 2.75) is 93.6 Å². The summed E-state index contributed by atoms with van der Waals surface area (Å²) in [6, 6.07) is 3.56. The van der Waals surface area contributed by atoms with Crippen LogP contribution >= 0.6 is 0 Å². The van der Waals surface area contributed by atoms with Crippen LogP contribution in [0.5, 0.6) is 11.5 Å². The first kappa shape index (κ1) is 35.8. The Morgan fingerprint density at radius 2 is 1.53 bits per heavy atom. The molecule has 7 heteroatoms. The Morgan fingerprint density at radius 3 is 2.04 bits per heavy atom. The maximum atomic E-state index is 15.2. The number of aliphatic hydroxyl groups is 2. The van der Waals surface area contributed by atoms with Crippen molar-refractivity contribution in [2.75, 3.05) is 0 Å². The SMILES string of the molecule is C=C(C)[C@H](C[C@@H](O)C(=C)C)C[C@@]12C[C@@H](CC=C(C)C)C(C)(C)[C@@](CC=C(C)C)(C(=O)C(=C(O)c3ccc(O)c(O)c3)C1=O)C2=O. The highest BCUT2D eigenvalue weighted by Crippen LogP contribution is 2.66. The Balaban J connectivity index is 2.46. The Kier molecular flexibility index (Phi) is 10.3. The highest BCUT2D eigenvalue weighted by atomic mass is 16.3. The van der Waals surface area contributed by atoms with E-state index in [0.717, 1.165) is 23.3 Å². The summed E-state index contributed by atoms with van der Waals surface area (Å²) in [6.45, 7) is 23.1. The second-order valence-electron chi connectivity index (χ2n) is 14.4. The molecule has 5 atom stereocenters. The number of rotatable bonds is 11. The van der Waals surface area contributed by atoms with Crippen LogP contribution in [0.3, 0.4) is 0 Å². The molecule has 0 heterocycles. The Bertz CT molecular complexity index is 1510. The molecule has 244 valence electrons. The fourth-order valence-electron chi connectivity index (χ4n) is 7.18. The van der Waals surface area contributed by atoms with Gasteiger partial charge < -0.3 is 20.4 Å². The molecular formula is C38H50O7. The van der Waals surface area contributed by atoms with Gasteiger partial charge in [0.2, 0.25) is 0 Å². The summed E-state index contributed by atoms with van der Waals surface area (Å²) in [7, 11) is 0. The number of Topliss-reactive ketones (excluding diaryl/α,β-unsaturated/α-hetero) is 3. The molecule has 2 saturated carbocycles. The van der Waals surface area contributed by atoms with Crippen molar-refractivity contribution in [3.63, 3.8) is 0 Å². The van der Waals surface area contributed by atoms with Gasteiger partial charge in [0.1, 0.15) is 16.7 Å². The van der Waals surface area contributed by atoms with Crippen LogP contribution in [0.1, 0.15) is 93.1 Å². The summed E-state index contributed by atoms with van der Waals surface area (Å²) in [4.78, 5) is 45.0. The molecule has 0 aliphatic heterocycles. The molecule has 7 nitrogen and oxygen atoms in total. The molecule has 2 aliphatic rings. The molecule has 0 unspecified atom stereocenters. The van der Waals surface area contributed by atoms with Crippen molar-refractivity contribution in [1.29, 1.82) is 0 Å². The van der Waals surface area contributed by atoms with Crippen molar-refractivity contribution in [3.05, 3.63) is 76.9 Å². The number of hydrogen-bond acceptors (Lipinski definition) is 7. The number of fused-ring (bicyclic) bond motifs is 2. The molecule has 2 bridgehead atoms. The number of carbonyl (C=O) groups excluding carboxylic acids is 3. The first-order valence-corrected chi connectivity index (χ1v) is 15.6. The van der Waals surface area contributed by atoms with Gasteiger partial charge in [-0.3, -0.25) is 14.4 Å². The molecule has 1 aromatic rings. The molecular weight excluding hydrogens is 568 g/mol. The van der Waals surface area contributed by atoms with E-state index in [1.54, 1.807) is 13.8 Å². The van der Waals surface area contributed by atoms with Crippen molar-refractivity contribution < 1.29 is 34.8 Å². The highest BCUT2D eigenvalue weighted by molar-refractivity contribution is 6.41. The van der Waals surface area contributed by atoms with Crippen molar-refractivity contribution in [3.8, 4) is 11.5 Å². The van der Waals surface area contributed by atoms with Gasteiger partial charge in [-0.1, -0.05) is 61.4 Å². The lowest BCUT2D eigenvalue weighted by Crippen LogP contribution is -2.69. The van der Waals surface area contributed by atoms with Gasteiger partial charge in [-0.2, -0.15) is 0 Å². The number of ketones is 3. The minimum atomic E-state index is -1.69. The number of hydrogen-bond donors (Lipinski definition) is 4. The highest BCUT2D eigenvalue weighted by Gasteiger charge is 2.74. The third-order valence-corrected chi connectivity index (χ3v) is 10.3. The lowest BCUT2D eigenvalue weighted by atomic mass is 9.38. The van der Waals surface area contributed by atoms with Crippen LogP contribution in [0, 0.1) is 28.1 Å². The van der Waals surface area contributed by atoms with E-state index in [0.29, 0.717) is 17.6 Å². The summed E-state index contributed by atoms with van der Waals surface area (Å²) >= 11 is 0. The number of carbonyl (C=O) groups is 3. The zero-order valence-electron chi connectivity index (χ0n) is 28.1. The van der Waals surface area contributed by atoms with Gasteiger partial charge in [0.05, 0.1) is 11.5 Å². The van der Waals surface area contributed by atoms with Crippen molar-refractivity contribution >= 4 is 23.1 Å². The number of allylic oxidation sites excluding steroid dienone is 6. The van der Waals surface area contributed by atoms with Crippen molar-refractivity contribution in [2.24, 2.45) is 28.1 Å². The Hall–Kier alpha value is -3.71. The van der Waals surface area contributed by atoms with E-state index in [4.69, 9.17) is 0 Å². The van der Waals surface area contributed by atoms with E-state index in [-0.39, 0.29) is 37.2 Å². The topological polar surface area (TPSA) is 132 Å². The second kappa shape index (κ2) is 13.0. The van der Waals surface area contributed by atoms with Gasteiger partial charge in [-0.05, 0) is 109 Å². The monoisotopic (exact) mass is 618 g/mol. The van der Waals surface area contributed by atoms with Crippen LogP contribution in [0.2, 0.25) is 0 Å². The molecule has 2 fully saturated rings. The fraction of sp³-hybridized carbons (Fsp3) is 0.500. The summed E-state index contributed by atoms with van der Waals surface area (Å²) in [5, 5.41) is 42.6. The summed E-state index contributed by atoms with van der Waals surface area (Å²) < 4.78 is 0. The lowest BCUT2D eigenvalue weighted by molar-refractivity contribution is -0.177. The molecule has 4 N–H and O–H groups in total. The molecule has 3 rings (SSSR count). The normalized spacial score (nSPS) is 26.5. The average molecular weight is 619 g/mol. The zero-order valence-corrected chi connectivity index (χ0v) is 28.1. The van der Waals surface area contributed by atoms with Crippen LogP contribution in [-0.2, 0) is 14.4 Å². The van der Waals surface area contributed by atoms with Crippen LogP contribution in [-0.4, -0.2) is 43.9 Å². The third kappa shape index (κ3) is 6.24. The predicted octanol–water partition coefficient (Wildman–Crippen LogP) is 7.73. The van der Waals surface area contributed by atoms with Gasteiger partial charge in [-0.15, -0.1) is 0 Å². The summed E-state index contributed by atoms with van der Waals surface area (Å²) in [5.74, 6) is -4.27. The minimum Gasteiger partial charge on any atom is -0.506 e. The van der Waals surface area contributed by atoms with Crippen LogP contribution < -0.4 is 0 Å².